The maximum atomic E-state index is 12.3. The first-order chi connectivity index (χ1) is 15.2. The van der Waals surface area contributed by atoms with Gasteiger partial charge in [-0.3, -0.25) is 14.9 Å². The van der Waals surface area contributed by atoms with Crippen LogP contribution in [0.2, 0.25) is 0 Å². The van der Waals surface area contributed by atoms with E-state index in [9.17, 15) is 19.7 Å². The number of carbonyl (C=O) groups is 2. The molecular weight excluding hydrogens is 436 g/mol. The molecule has 3 rings (SSSR count). The van der Waals surface area contributed by atoms with Crippen molar-refractivity contribution in [2.45, 2.75) is 19.9 Å². The molecule has 2 heterocycles. The minimum atomic E-state index is -0.760. The average molecular weight is 465 g/mol. The Balaban J connectivity index is 0.000000439. The first kappa shape index (κ1) is 25.4. The molecule has 32 heavy (non-hydrogen) atoms. The summed E-state index contributed by atoms with van der Waals surface area (Å²) in [5.74, 6) is -1.12. The summed E-state index contributed by atoms with van der Waals surface area (Å²) in [6.07, 6.45) is 0. The van der Waals surface area contributed by atoms with Crippen LogP contribution in [0.1, 0.15) is 23.6 Å². The Kier molecular flexibility index (Phi) is 9.69. The maximum absolute atomic E-state index is 12.3. The third-order valence-corrected chi connectivity index (χ3v) is 5.56. The quantitative estimate of drug-likeness (QED) is 0.393. The van der Waals surface area contributed by atoms with Crippen LogP contribution >= 0.6 is 11.3 Å². The second kappa shape index (κ2) is 12.2. The summed E-state index contributed by atoms with van der Waals surface area (Å²) in [5.41, 5.74) is 1.17. The second-order valence-corrected chi connectivity index (χ2v) is 8.33. The molecule has 1 fully saturated rings. The topological polar surface area (TPSA) is 124 Å². The van der Waals surface area contributed by atoms with Crippen LogP contribution in [-0.2, 0) is 14.3 Å². The van der Waals surface area contributed by atoms with Crippen molar-refractivity contribution < 1.29 is 24.0 Å². The number of ether oxygens (including phenoxy) is 2. The van der Waals surface area contributed by atoms with Crippen molar-refractivity contribution in [2.75, 3.05) is 40.5 Å². The lowest BCUT2D eigenvalue weighted by Crippen LogP contribution is -2.45. The minimum Gasteiger partial charge on any atom is -0.467 e. The van der Waals surface area contributed by atoms with Crippen LogP contribution in [0.4, 0.5) is 5.69 Å². The molecular formula is C21H28N4O6S. The third-order valence-electron chi connectivity index (χ3n) is 4.72. The Hall–Kier alpha value is -2.89. The number of rotatable bonds is 6. The van der Waals surface area contributed by atoms with Crippen molar-refractivity contribution in [1.29, 1.82) is 0 Å². The number of amides is 1. The van der Waals surface area contributed by atoms with Crippen molar-refractivity contribution in [3.63, 3.8) is 0 Å². The zero-order valence-corrected chi connectivity index (χ0v) is 19.4. The number of carbonyl (C=O) groups excluding carboxylic acids is 2. The molecule has 1 aliphatic heterocycles. The van der Waals surface area contributed by atoms with Crippen LogP contribution in [0.3, 0.4) is 0 Å². The molecule has 1 aromatic carbocycles. The van der Waals surface area contributed by atoms with Gasteiger partial charge in [0.25, 0.3) is 11.6 Å². The van der Waals surface area contributed by atoms with Crippen LogP contribution < -0.4 is 5.32 Å². The first-order valence-corrected chi connectivity index (χ1v) is 11.0. The van der Waals surface area contributed by atoms with Crippen molar-refractivity contribution in [3.05, 3.63) is 44.8 Å². The Bertz CT molecular complexity index is 909. The lowest BCUT2D eigenvalue weighted by atomic mass is 10.0. The van der Waals surface area contributed by atoms with Crippen LogP contribution in [0, 0.1) is 16.0 Å². The molecule has 174 valence electrons. The zero-order valence-electron chi connectivity index (χ0n) is 18.6. The molecule has 0 spiro atoms. The lowest BCUT2D eigenvalue weighted by Gasteiger charge is -2.21. The maximum Gasteiger partial charge on any atom is 0.328 e. The zero-order chi connectivity index (χ0) is 23.7. The Morgan fingerprint density at radius 3 is 2.34 bits per heavy atom. The molecule has 1 amide bonds. The number of nitro benzene ring substituents is 1. The van der Waals surface area contributed by atoms with Crippen LogP contribution in [-0.4, -0.2) is 73.2 Å². The minimum absolute atomic E-state index is 0.0187. The van der Waals surface area contributed by atoms with E-state index in [-0.39, 0.29) is 16.6 Å². The summed E-state index contributed by atoms with van der Waals surface area (Å²) in [7, 11) is 3.38. The van der Waals surface area contributed by atoms with E-state index in [2.05, 4.69) is 27.0 Å². The van der Waals surface area contributed by atoms with Crippen molar-refractivity contribution in [1.82, 2.24) is 15.2 Å². The summed E-state index contributed by atoms with van der Waals surface area (Å²) in [5, 5.41) is 15.2. The van der Waals surface area contributed by atoms with Gasteiger partial charge in [-0.25, -0.2) is 9.78 Å². The Labute approximate surface area is 190 Å². The molecule has 2 aromatic rings. The number of benzene rings is 1. The molecule has 1 aliphatic rings. The average Bonchev–Trinajstić information content (AvgIpc) is 3.28. The number of nitro groups is 1. The first-order valence-electron chi connectivity index (χ1n) is 10.1. The summed E-state index contributed by atoms with van der Waals surface area (Å²) in [6, 6.07) is 5.13. The molecule has 0 saturated carbocycles. The van der Waals surface area contributed by atoms with E-state index in [1.807, 2.05) is 0 Å². The van der Waals surface area contributed by atoms with E-state index < -0.39 is 22.8 Å². The van der Waals surface area contributed by atoms with E-state index in [1.54, 1.807) is 31.4 Å². The predicted octanol–water partition coefficient (Wildman–Crippen LogP) is 2.59. The van der Waals surface area contributed by atoms with Crippen LogP contribution in [0.5, 0.6) is 0 Å². The van der Waals surface area contributed by atoms with E-state index >= 15 is 0 Å². The van der Waals surface area contributed by atoms with Gasteiger partial charge in [-0.15, -0.1) is 11.3 Å². The largest absolute Gasteiger partial charge is 0.467 e. The third kappa shape index (κ3) is 7.36. The standard InChI is InChI=1S/C16H17N3O5S.C5H11NO/c1-9(2)13(16(21)24-3)18-14(20)15-17-12(8-25-15)10-4-6-11(7-5-10)19(22)23;1-6-2-4-7-5-3-6/h4-9,13H,1-3H3,(H,18,20);2-5H2,1H3. The number of likely N-dealkylation sites (N-methyl/N-ethyl adjacent to an activating group) is 1. The Morgan fingerprint density at radius 1 is 1.25 bits per heavy atom. The molecule has 0 bridgehead atoms. The number of non-ortho nitro benzene ring substituents is 1. The van der Waals surface area contributed by atoms with Gasteiger partial charge in [0.2, 0.25) is 0 Å². The van der Waals surface area contributed by atoms with Crippen molar-refractivity contribution in [3.8, 4) is 11.3 Å². The summed E-state index contributed by atoms with van der Waals surface area (Å²) in [6.45, 7) is 7.62. The van der Waals surface area contributed by atoms with Gasteiger partial charge in [-0.05, 0) is 25.1 Å². The van der Waals surface area contributed by atoms with E-state index in [0.29, 0.717) is 11.3 Å². The van der Waals surface area contributed by atoms with Gasteiger partial charge in [-0.1, -0.05) is 13.8 Å². The molecule has 1 unspecified atom stereocenters. The van der Waals surface area contributed by atoms with E-state index in [1.165, 1.54) is 19.2 Å². The van der Waals surface area contributed by atoms with Gasteiger partial charge in [-0.2, -0.15) is 0 Å². The highest BCUT2D eigenvalue weighted by Crippen LogP contribution is 2.24. The predicted molar refractivity (Wildman–Crippen MR) is 121 cm³/mol. The fraction of sp³-hybridized carbons (Fsp3) is 0.476. The number of hydrogen-bond donors (Lipinski definition) is 1. The number of thiazole rings is 1. The number of nitrogens with one attached hydrogen (secondary N) is 1. The number of morpholine rings is 1. The normalized spacial score (nSPS) is 14.8. The molecule has 0 radical (unpaired) electrons. The summed E-state index contributed by atoms with van der Waals surface area (Å²) < 4.78 is 9.79. The SMILES string of the molecule is CN1CCOCC1.COC(=O)C(NC(=O)c1nc(-c2ccc([N+](=O)[O-])cc2)cs1)C(C)C. The van der Waals surface area contributed by atoms with E-state index in [4.69, 9.17) is 4.74 Å². The molecule has 1 atom stereocenters. The highest BCUT2D eigenvalue weighted by Gasteiger charge is 2.26. The Morgan fingerprint density at radius 2 is 1.88 bits per heavy atom. The second-order valence-electron chi connectivity index (χ2n) is 7.48. The van der Waals surface area contributed by atoms with Crippen LogP contribution in [0.15, 0.2) is 29.6 Å². The number of aromatic nitrogens is 1. The van der Waals surface area contributed by atoms with Gasteiger partial charge < -0.3 is 19.7 Å². The number of nitrogens with zero attached hydrogens (tertiary/aromatic N) is 3. The number of hydrogen-bond acceptors (Lipinski definition) is 9. The molecule has 1 saturated heterocycles. The molecule has 1 N–H and O–H groups in total. The monoisotopic (exact) mass is 464 g/mol. The highest BCUT2D eigenvalue weighted by atomic mass is 32.1. The van der Waals surface area contributed by atoms with Gasteiger partial charge in [0.05, 0.1) is 30.9 Å². The van der Waals surface area contributed by atoms with E-state index in [0.717, 1.165) is 37.6 Å². The van der Waals surface area contributed by atoms with Crippen molar-refractivity contribution >= 4 is 28.9 Å². The summed E-state index contributed by atoms with van der Waals surface area (Å²) in [4.78, 5) is 40.7. The summed E-state index contributed by atoms with van der Waals surface area (Å²) >= 11 is 1.13. The lowest BCUT2D eigenvalue weighted by molar-refractivity contribution is -0.384. The molecule has 10 nitrogen and oxygen atoms in total. The fourth-order valence-electron chi connectivity index (χ4n) is 2.75. The number of esters is 1. The fourth-order valence-corrected chi connectivity index (χ4v) is 3.48. The van der Waals surface area contributed by atoms with Crippen molar-refractivity contribution in [2.24, 2.45) is 5.92 Å². The molecule has 1 aromatic heterocycles. The smallest absolute Gasteiger partial charge is 0.328 e. The molecule has 11 heteroatoms. The van der Waals surface area contributed by atoms with Gasteiger partial charge in [0.1, 0.15) is 6.04 Å². The van der Waals surface area contributed by atoms with Gasteiger partial charge >= 0.3 is 5.97 Å². The van der Waals surface area contributed by atoms with Crippen LogP contribution in [0.25, 0.3) is 11.3 Å². The highest BCUT2D eigenvalue weighted by molar-refractivity contribution is 7.12. The van der Waals surface area contributed by atoms with Gasteiger partial charge in [0, 0.05) is 36.2 Å². The molecule has 0 aliphatic carbocycles. The number of methoxy groups -OCH3 is 1. The van der Waals surface area contributed by atoms with Gasteiger partial charge in [0.15, 0.2) is 5.01 Å².